The summed E-state index contributed by atoms with van der Waals surface area (Å²) in [4.78, 5) is 6.58. The molecule has 2 atom stereocenters. The number of morpholine rings is 1. The van der Waals surface area contributed by atoms with E-state index < -0.39 is 0 Å². The smallest absolute Gasteiger partial charge is 0.0895 e. The number of hydrogen-bond acceptors (Lipinski definition) is 4. The first-order chi connectivity index (χ1) is 8.59. The molecule has 4 nitrogen and oxygen atoms in total. The molecule has 0 saturated carbocycles. The van der Waals surface area contributed by atoms with E-state index in [9.17, 15) is 0 Å². The maximum atomic E-state index is 6.34. The van der Waals surface area contributed by atoms with Gasteiger partial charge >= 0.3 is 0 Å². The van der Waals surface area contributed by atoms with Gasteiger partial charge in [-0.2, -0.15) is 0 Å². The maximum Gasteiger partial charge on any atom is 0.0895 e. The number of rotatable bonds is 3. The molecule has 0 spiro atoms. The van der Waals surface area contributed by atoms with Crippen LogP contribution in [0, 0.1) is 6.92 Å². The number of aryl methyl sites for hydroxylation is 1. The fraction of sp³-hybridized carbons (Fsp3) is 0.643. The Morgan fingerprint density at radius 1 is 1.50 bits per heavy atom. The van der Waals surface area contributed by atoms with E-state index in [4.69, 9.17) is 10.5 Å². The van der Waals surface area contributed by atoms with E-state index in [0.29, 0.717) is 6.04 Å². The zero-order chi connectivity index (χ0) is 13.1. The van der Waals surface area contributed by atoms with E-state index in [1.54, 1.807) is 6.20 Å². The van der Waals surface area contributed by atoms with Crippen LogP contribution in [-0.2, 0) is 4.74 Å². The van der Waals surface area contributed by atoms with E-state index in [0.717, 1.165) is 25.3 Å². The zero-order valence-electron chi connectivity index (χ0n) is 11.5. The van der Waals surface area contributed by atoms with Gasteiger partial charge in [-0.1, -0.05) is 0 Å². The molecule has 1 aromatic heterocycles. The summed E-state index contributed by atoms with van der Waals surface area (Å²) in [6, 6.07) is 2.44. The van der Waals surface area contributed by atoms with Crippen molar-refractivity contribution in [1.29, 1.82) is 0 Å². The number of ether oxygens (including phenoxy) is 1. The number of pyridine rings is 1. The molecular weight excluding hydrogens is 226 g/mol. The Kier molecular flexibility index (Phi) is 4.32. The molecule has 0 bridgehead atoms. The summed E-state index contributed by atoms with van der Waals surface area (Å²) in [5, 5.41) is 0. The predicted octanol–water partition coefficient (Wildman–Crippen LogP) is 1.50. The van der Waals surface area contributed by atoms with Gasteiger partial charge in [-0.25, -0.2) is 0 Å². The minimum Gasteiger partial charge on any atom is -0.374 e. The van der Waals surface area contributed by atoms with Crippen molar-refractivity contribution < 1.29 is 4.74 Å². The van der Waals surface area contributed by atoms with Crippen molar-refractivity contribution in [2.24, 2.45) is 5.73 Å². The predicted molar refractivity (Wildman–Crippen MR) is 72.4 cm³/mol. The molecule has 4 heteroatoms. The highest BCUT2D eigenvalue weighted by atomic mass is 16.5. The second-order valence-corrected chi connectivity index (χ2v) is 5.26. The van der Waals surface area contributed by atoms with Crippen LogP contribution in [0.25, 0.3) is 0 Å². The summed E-state index contributed by atoms with van der Waals surface area (Å²) < 4.78 is 5.84. The third kappa shape index (κ3) is 2.88. The molecule has 100 valence electrons. The van der Waals surface area contributed by atoms with Crippen molar-refractivity contribution in [2.45, 2.75) is 39.0 Å². The molecule has 2 N–H and O–H groups in total. The van der Waals surface area contributed by atoms with Crippen LogP contribution in [0.15, 0.2) is 18.5 Å². The van der Waals surface area contributed by atoms with E-state index in [1.165, 1.54) is 5.56 Å². The van der Waals surface area contributed by atoms with E-state index in [2.05, 4.69) is 30.7 Å². The van der Waals surface area contributed by atoms with Gasteiger partial charge in [0.05, 0.1) is 18.8 Å². The van der Waals surface area contributed by atoms with Crippen molar-refractivity contribution in [3.8, 4) is 0 Å². The Morgan fingerprint density at radius 2 is 2.28 bits per heavy atom. The van der Waals surface area contributed by atoms with Crippen molar-refractivity contribution >= 4 is 0 Å². The van der Waals surface area contributed by atoms with Gasteiger partial charge in [0.25, 0.3) is 0 Å². The van der Waals surface area contributed by atoms with Crippen LogP contribution in [0.2, 0.25) is 0 Å². The Hall–Kier alpha value is -0.970. The van der Waals surface area contributed by atoms with Gasteiger partial charge < -0.3 is 10.5 Å². The molecule has 1 aliphatic rings. The van der Waals surface area contributed by atoms with Crippen LogP contribution in [0.5, 0.6) is 0 Å². The van der Waals surface area contributed by atoms with Gasteiger partial charge in [0, 0.05) is 31.5 Å². The van der Waals surface area contributed by atoms with Crippen molar-refractivity contribution in [3.63, 3.8) is 0 Å². The number of aromatic nitrogens is 1. The minimum absolute atomic E-state index is 0.0593. The first-order valence-corrected chi connectivity index (χ1v) is 6.61. The SMILES string of the molecule is Cc1ccncc1C(N)C1CN(C(C)C)CCO1. The van der Waals surface area contributed by atoms with E-state index in [1.807, 2.05) is 12.3 Å². The molecule has 1 aromatic rings. The monoisotopic (exact) mass is 249 g/mol. The second kappa shape index (κ2) is 5.78. The third-order valence-electron chi connectivity index (χ3n) is 3.69. The van der Waals surface area contributed by atoms with Gasteiger partial charge in [0.1, 0.15) is 0 Å². The maximum absolute atomic E-state index is 6.34. The molecule has 0 amide bonds. The Bertz CT molecular complexity index is 394. The lowest BCUT2D eigenvalue weighted by Crippen LogP contribution is -2.49. The molecule has 2 unspecified atom stereocenters. The summed E-state index contributed by atoms with van der Waals surface area (Å²) in [6.45, 7) is 9.14. The first kappa shape index (κ1) is 13.5. The summed E-state index contributed by atoms with van der Waals surface area (Å²) in [6.07, 6.45) is 3.72. The summed E-state index contributed by atoms with van der Waals surface area (Å²) in [5.74, 6) is 0. The number of nitrogens with zero attached hydrogens (tertiary/aromatic N) is 2. The Morgan fingerprint density at radius 3 is 2.94 bits per heavy atom. The topological polar surface area (TPSA) is 51.4 Å². The summed E-state index contributed by atoms with van der Waals surface area (Å²) >= 11 is 0. The van der Waals surface area contributed by atoms with Crippen molar-refractivity contribution in [3.05, 3.63) is 29.6 Å². The molecule has 1 fully saturated rings. The third-order valence-corrected chi connectivity index (χ3v) is 3.69. The fourth-order valence-electron chi connectivity index (χ4n) is 2.41. The van der Waals surface area contributed by atoms with Crippen LogP contribution in [0.4, 0.5) is 0 Å². The first-order valence-electron chi connectivity index (χ1n) is 6.61. The highest BCUT2D eigenvalue weighted by molar-refractivity contribution is 5.25. The highest BCUT2D eigenvalue weighted by Gasteiger charge is 2.28. The molecule has 18 heavy (non-hydrogen) atoms. The highest BCUT2D eigenvalue weighted by Crippen LogP contribution is 2.22. The molecule has 0 radical (unpaired) electrons. The van der Waals surface area contributed by atoms with Crippen LogP contribution in [0.1, 0.15) is 31.0 Å². The summed E-state index contributed by atoms with van der Waals surface area (Å²) in [7, 11) is 0. The lowest BCUT2D eigenvalue weighted by Gasteiger charge is -2.38. The van der Waals surface area contributed by atoms with Crippen LogP contribution < -0.4 is 5.73 Å². The van der Waals surface area contributed by atoms with E-state index in [-0.39, 0.29) is 12.1 Å². The number of nitrogens with two attached hydrogens (primary N) is 1. The second-order valence-electron chi connectivity index (χ2n) is 5.26. The average molecular weight is 249 g/mol. The van der Waals surface area contributed by atoms with E-state index >= 15 is 0 Å². The molecule has 2 heterocycles. The van der Waals surface area contributed by atoms with Gasteiger partial charge in [0.15, 0.2) is 0 Å². The van der Waals surface area contributed by atoms with Crippen LogP contribution in [0.3, 0.4) is 0 Å². The van der Waals surface area contributed by atoms with Crippen LogP contribution in [-0.4, -0.2) is 41.7 Å². The molecule has 2 rings (SSSR count). The average Bonchev–Trinajstić information content (AvgIpc) is 2.38. The van der Waals surface area contributed by atoms with Crippen LogP contribution >= 0.6 is 0 Å². The van der Waals surface area contributed by atoms with Crippen molar-refractivity contribution in [2.75, 3.05) is 19.7 Å². The lowest BCUT2D eigenvalue weighted by atomic mass is 9.98. The molecule has 0 aromatic carbocycles. The number of hydrogen-bond donors (Lipinski definition) is 1. The minimum atomic E-state index is -0.0970. The summed E-state index contributed by atoms with van der Waals surface area (Å²) in [5.41, 5.74) is 8.62. The molecule has 0 aliphatic carbocycles. The molecule has 1 saturated heterocycles. The zero-order valence-corrected chi connectivity index (χ0v) is 11.5. The van der Waals surface area contributed by atoms with Gasteiger partial charge in [-0.15, -0.1) is 0 Å². The fourth-order valence-corrected chi connectivity index (χ4v) is 2.41. The quantitative estimate of drug-likeness (QED) is 0.882. The largest absolute Gasteiger partial charge is 0.374 e. The van der Waals surface area contributed by atoms with Gasteiger partial charge in [0.2, 0.25) is 0 Å². The van der Waals surface area contributed by atoms with Gasteiger partial charge in [-0.3, -0.25) is 9.88 Å². The Labute approximate surface area is 109 Å². The molecular formula is C14H23N3O. The molecule has 1 aliphatic heterocycles. The Balaban J connectivity index is 2.09. The normalized spacial score (nSPS) is 23.3. The lowest BCUT2D eigenvalue weighted by molar-refractivity contribution is -0.0503. The van der Waals surface area contributed by atoms with Crippen molar-refractivity contribution in [1.82, 2.24) is 9.88 Å². The van der Waals surface area contributed by atoms with Gasteiger partial charge in [-0.05, 0) is 38.0 Å². The standard InChI is InChI=1S/C14H23N3O/c1-10(2)17-6-7-18-13(9-17)14(15)12-8-16-5-4-11(12)3/h4-5,8,10,13-14H,6-7,9,15H2,1-3H3.